The van der Waals surface area contributed by atoms with Crippen LogP contribution >= 0.6 is 0 Å². The lowest BCUT2D eigenvalue weighted by molar-refractivity contribution is -0.143. The molecule has 1 atom stereocenters. The maximum Gasteiger partial charge on any atom is 0.327 e. The number of ether oxygens (including phenoxy) is 1. The average Bonchev–Trinajstić information content (AvgIpc) is 2.29. The van der Waals surface area contributed by atoms with Gasteiger partial charge in [-0.05, 0) is 29.7 Å². The summed E-state index contributed by atoms with van der Waals surface area (Å²) in [6, 6.07) is 2.32. The number of hydrogen-bond acceptors (Lipinski definition) is 5. The van der Waals surface area contributed by atoms with Crippen molar-refractivity contribution < 1.29 is 19.7 Å². The fourth-order valence-electron chi connectivity index (χ4n) is 1.91. The number of carbonyl (C=O) groups excluding carboxylic acids is 1. The van der Waals surface area contributed by atoms with Crippen LogP contribution in [0.5, 0.6) is 11.5 Å². The quantitative estimate of drug-likeness (QED) is 0.476. The highest BCUT2D eigenvalue weighted by atomic mass is 16.5. The summed E-state index contributed by atoms with van der Waals surface area (Å²) in [4.78, 5) is 11.5. The number of aromatic hydroxyl groups is 2. The second kappa shape index (κ2) is 4.02. The summed E-state index contributed by atoms with van der Waals surface area (Å²) in [5, 5.41) is 21.8. The first-order valence-corrected chi connectivity index (χ1v) is 4.99. The number of carbonyl (C=O) groups is 1. The van der Waals surface area contributed by atoms with Gasteiger partial charge in [-0.2, -0.15) is 0 Å². The Bertz CT molecular complexity index is 430. The molecule has 5 nitrogen and oxygen atoms in total. The first-order valence-electron chi connectivity index (χ1n) is 4.99. The highest BCUT2D eigenvalue weighted by molar-refractivity contribution is 5.79. The minimum absolute atomic E-state index is 0.163. The smallest absolute Gasteiger partial charge is 0.327 e. The minimum atomic E-state index is -0.569. The fourth-order valence-corrected chi connectivity index (χ4v) is 1.91. The van der Waals surface area contributed by atoms with Gasteiger partial charge in [0.25, 0.3) is 0 Å². The fraction of sp³-hybridized carbons (Fsp3) is 0.364. The molecule has 1 aliphatic rings. The number of methoxy groups -OCH3 is 1. The largest absolute Gasteiger partial charge is 0.504 e. The van der Waals surface area contributed by atoms with E-state index in [1.807, 2.05) is 0 Å². The van der Waals surface area contributed by atoms with Crippen molar-refractivity contribution in [2.24, 2.45) is 0 Å². The highest BCUT2D eigenvalue weighted by Gasteiger charge is 2.27. The zero-order valence-corrected chi connectivity index (χ0v) is 8.86. The van der Waals surface area contributed by atoms with Gasteiger partial charge in [-0.15, -0.1) is 0 Å². The molecule has 0 saturated carbocycles. The van der Waals surface area contributed by atoms with Gasteiger partial charge in [-0.3, -0.25) is 0 Å². The van der Waals surface area contributed by atoms with Crippen molar-refractivity contribution in [1.82, 2.24) is 5.32 Å². The van der Waals surface area contributed by atoms with Crippen LogP contribution in [0.15, 0.2) is 12.1 Å². The average molecular weight is 223 g/mol. The molecule has 86 valence electrons. The van der Waals surface area contributed by atoms with E-state index >= 15 is 0 Å². The standard InChI is InChI=1S/C11H13NO4/c1-16-11(15)10-7-5-9(14)8(13)4-6(7)2-3-12-10/h4-5,10,12-14H,2-3H2,1H3/t10-/m0/s1. The number of nitrogens with one attached hydrogen (secondary N) is 1. The van der Waals surface area contributed by atoms with Crippen molar-refractivity contribution in [2.45, 2.75) is 12.5 Å². The number of hydrogen-bond donors (Lipinski definition) is 3. The molecule has 16 heavy (non-hydrogen) atoms. The predicted octanol–water partition coefficient (Wildman–Crippen LogP) is 0.458. The first kappa shape index (κ1) is 10.8. The van der Waals surface area contributed by atoms with Crippen LogP contribution in [-0.4, -0.2) is 29.8 Å². The van der Waals surface area contributed by atoms with Crippen LogP contribution in [0.2, 0.25) is 0 Å². The lowest BCUT2D eigenvalue weighted by atomic mass is 9.93. The Balaban J connectivity index is 2.45. The van der Waals surface area contributed by atoms with E-state index in [1.54, 1.807) is 0 Å². The van der Waals surface area contributed by atoms with Crippen LogP contribution in [0.3, 0.4) is 0 Å². The van der Waals surface area contributed by atoms with E-state index in [0.29, 0.717) is 18.5 Å². The molecular weight excluding hydrogens is 210 g/mol. The summed E-state index contributed by atoms with van der Waals surface area (Å²) in [6.07, 6.45) is 0.705. The SMILES string of the molecule is COC(=O)[C@H]1NCCc2cc(O)c(O)cc21. The van der Waals surface area contributed by atoms with Crippen LogP contribution in [-0.2, 0) is 16.0 Å². The molecule has 0 bridgehead atoms. The first-order chi connectivity index (χ1) is 7.63. The van der Waals surface area contributed by atoms with Gasteiger partial charge in [0.2, 0.25) is 0 Å². The normalized spacial score (nSPS) is 18.9. The van der Waals surface area contributed by atoms with E-state index in [-0.39, 0.29) is 11.5 Å². The monoisotopic (exact) mass is 223 g/mol. The molecule has 0 saturated heterocycles. The molecule has 0 aliphatic carbocycles. The topological polar surface area (TPSA) is 78.8 Å². The molecule has 3 N–H and O–H groups in total. The second-order valence-electron chi connectivity index (χ2n) is 3.70. The third kappa shape index (κ3) is 1.69. The molecule has 0 aromatic heterocycles. The van der Waals surface area contributed by atoms with Gasteiger partial charge in [0.05, 0.1) is 7.11 Å². The van der Waals surface area contributed by atoms with Gasteiger partial charge in [0, 0.05) is 6.54 Å². The highest BCUT2D eigenvalue weighted by Crippen LogP contribution is 2.33. The van der Waals surface area contributed by atoms with Gasteiger partial charge in [-0.1, -0.05) is 0 Å². The Morgan fingerprint density at radius 2 is 2.12 bits per heavy atom. The molecule has 2 rings (SSSR count). The zero-order valence-electron chi connectivity index (χ0n) is 8.86. The molecule has 0 amide bonds. The minimum Gasteiger partial charge on any atom is -0.504 e. The Labute approximate surface area is 92.7 Å². The van der Waals surface area contributed by atoms with Crippen LogP contribution in [0.25, 0.3) is 0 Å². The number of benzene rings is 1. The van der Waals surface area contributed by atoms with Crippen LogP contribution in [0.4, 0.5) is 0 Å². The Kier molecular flexibility index (Phi) is 2.70. The van der Waals surface area contributed by atoms with Crippen LogP contribution in [0, 0.1) is 0 Å². The molecular formula is C11H13NO4. The van der Waals surface area contributed by atoms with Crippen molar-refractivity contribution in [3.8, 4) is 11.5 Å². The molecule has 5 heteroatoms. The molecule has 0 fully saturated rings. The van der Waals surface area contributed by atoms with E-state index in [9.17, 15) is 15.0 Å². The predicted molar refractivity (Wildman–Crippen MR) is 56.2 cm³/mol. The molecule has 1 aliphatic heterocycles. The summed E-state index contributed by atoms with van der Waals surface area (Å²) in [5.41, 5.74) is 1.51. The summed E-state index contributed by atoms with van der Waals surface area (Å²) in [7, 11) is 1.32. The second-order valence-corrected chi connectivity index (χ2v) is 3.70. The van der Waals surface area contributed by atoms with Crippen molar-refractivity contribution in [3.05, 3.63) is 23.3 Å². The maximum atomic E-state index is 11.5. The third-order valence-corrected chi connectivity index (χ3v) is 2.73. The zero-order chi connectivity index (χ0) is 11.7. The Morgan fingerprint density at radius 1 is 1.44 bits per heavy atom. The number of esters is 1. The van der Waals surface area contributed by atoms with Crippen LogP contribution < -0.4 is 5.32 Å². The van der Waals surface area contributed by atoms with Gasteiger partial charge >= 0.3 is 5.97 Å². The van der Waals surface area contributed by atoms with Gasteiger partial charge < -0.3 is 20.3 Å². The van der Waals surface area contributed by atoms with Crippen molar-refractivity contribution >= 4 is 5.97 Å². The summed E-state index contributed by atoms with van der Waals surface area (Å²) in [6.45, 7) is 0.636. The number of phenolic OH excluding ortho intramolecular Hbond substituents is 2. The maximum absolute atomic E-state index is 11.5. The van der Waals surface area contributed by atoms with Crippen molar-refractivity contribution in [3.63, 3.8) is 0 Å². The number of fused-ring (bicyclic) bond motifs is 1. The molecule has 1 aromatic carbocycles. The molecule has 1 aromatic rings. The van der Waals surface area contributed by atoms with E-state index in [2.05, 4.69) is 10.1 Å². The molecule has 0 unspecified atom stereocenters. The van der Waals surface area contributed by atoms with Crippen LogP contribution in [0.1, 0.15) is 17.2 Å². The number of phenols is 2. The number of rotatable bonds is 1. The van der Waals surface area contributed by atoms with E-state index < -0.39 is 12.0 Å². The van der Waals surface area contributed by atoms with Crippen molar-refractivity contribution in [2.75, 3.05) is 13.7 Å². The van der Waals surface area contributed by atoms with Gasteiger partial charge in [-0.25, -0.2) is 4.79 Å². The van der Waals surface area contributed by atoms with Gasteiger partial charge in [0.1, 0.15) is 6.04 Å². The lowest BCUT2D eigenvalue weighted by Crippen LogP contribution is -2.35. The van der Waals surface area contributed by atoms with E-state index in [4.69, 9.17) is 0 Å². The Morgan fingerprint density at radius 3 is 2.81 bits per heavy atom. The van der Waals surface area contributed by atoms with Crippen molar-refractivity contribution in [1.29, 1.82) is 0 Å². The van der Waals surface area contributed by atoms with Gasteiger partial charge in [0.15, 0.2) is 11.5 Å². The van der Waals surface area contributed by atoms with E-state index in [0.717, 1.165) is 5.56 Å². The Hall–Kier alpha value is -1.75. The van der Waals surface area contributed by atoms with E-state index in [1.165, 1.54) is 19.2 Å². The molecule has 0 spiro atoms. The lowest BCUT2D eigenvalue weighted by Gasteiger charge is -2.25. The summed E-state index contributed by atoms with van der Waals surface area (Å²) >= 11 is 0. The summed E-state index contributed by atoms with van der Waals surface area (Å²) < 4.78 is 4.67. The summed E-state index contributed by atoms with van der Waals surface area (Å²) in [5.74, 6) is -0.786. The third-order valence-electron chi connectivity index (χ3n) is 2.73. The molecule has 1 heterocycles. The molecule has 0 radical (unpaired) electrons.